The number of nitrogens with zero attached hydrogens (tertiary/aromatic N) is 1. The van der Waals surface area contributed by atoms with Crippen molar-refractivity contribution in [1.29, 1.82) is 0 Å². The molecule has 0 bridgehead atoms. The summed E-state index contributed by atoms with van der Waals surface area (Å²) in [6.45, 7) is 0. The summed E-state index contributed by atoms with van der Waals surface area (Å²) < 4.78 is 0. The van der Waals surface area contributed by atoms with Crippen molar-refractivity contribution < 1.29 is 0 Å². The topological polar surface area (TPSA) is 64.9 Å². The maximum absolute atomic E-state index is 5.84. The Hall–Kier alpha value is -1.74. The van der Waals surface area contributed by atoms with Gasteiger partial charge in [0.1, 0.15) is 5.82 Å². The summed E-state index contributed by atoms with van der Waals surface area (Å²) in [5, 5.41) is 0.680. The Morgan fingerprint density at radius 1 is 1.00 bits per heavy atom. The summed E-state index contributed by atoms with van der Waals surface area (Å²) >= 11 is 5.80. The van der Waals surface area contributed by atoms with Gasteiger partial charge in [0.05, 0.1) is 0 Å². The zero-order valence-corrected chi connectivity index (χ0v) is 8.70. The Morgan fingerprint density at radius 3 is 2.27 bits per heavy atom. The van der Waals surface area contributed by atoms with Gasteiger partial charge in [-0.1, -0.05) is 23.7 Å². The highest BCUT2D eigenvalue weighted by atomic mass is 35.5. The Bertz CT molecular complexity index is 459. The quantitative estimate of drug-likeness (QED) is 0.775. The molecule has 0 aliphatic heterocycles. The molecule has 0 amide bonds. The van der Waals surface area contributed by atoms with Gasteiger partial charge >= 0.3 is 0 Å². The van der Waals surface area contributed by atoms with Gasteiger partial charge in [0.2, 0.25) is 0 Å². The van der Waals surface area contributed by atoms with Crippen molar-refractivity contribution in [2.75, 3.05) is 11.5 Å². The SMILES string of the molecule is Nc1ccnc(N)c1-c1ccc(Cl)cc1. The van der Waals surface area contributed by atoms with Crippen LogP contribution >= 0.6 is 11.6 Å². The Morgan fingerprint density at radius 2 is 1.67 bits per heavy atom. The second-order valence-electron chi connectivity index (χ2n) is 3.17. The molecule has 0 fully saturated rings. The van der Waals surface area contributed by atoms with E-state index in [-0.39, 0.29) is 0 Å². The number of aromatic nitrogens is 1. The van der Waals surface area contributed by atoms with Crippen molar-refractivity contribution in [3.8, 4) is 11.1 Å². The molecule has 0 unspecified atom stereocenters. The van der Waals surface area contributed by atoms with E-state index in [2.05, 4.69) is 4.98 Å². The van der Waals surface area contributed by atoms with Gasteiger partial charge in [0, 0.05) is 22.5 Å². The van der Waals surface area contributed by atoms with Crippen molar-refractivity contribution in [2.24, 2.45) is 0 Å². The number of hydrogen-bond donors (Lipinski definition) is 2. The van der Waals surface area contributed by atoms with Gasteiger partial charge in [0.25, 0.3) is 0 Å². The van der Waals surface area contributed by atoms with Gasteiger partial charge in [-0.25, -0.2) is 4.98 Å². The van der Waals surface area contributed by atoms with Crippen LogP contribution in [0.1, 0.15) is 0 Å². The lowest BCUT2D eigenvalue weighted by Crippen LogP contribution is -1.98. The van der Waals surface area contributed by atoms with E-state index in [0.29, 0.717) is 16.5 Å². The average molecular weight is 220 g/mol. The predicted octanol–water partition coefficient (Wildman–Crippen LogP) is 2.57. The number of benzene rings is 1. The van der Waals surface area contributed by atoms with Crippen LogP contribution in [0.2, 0.25) is 5.02 Å². The number of anilines is 2. The third-order valence-electron chi connectivity index (χ3n) is 2.15. The van der Waals surface area contributed by atoms with E-state index >= 15 is 0 Å². The van der Waals surface area contributed by atoms with E-state index in [1.165, 1.54) is 0 Å². The zero-order valence-electron chi connectivity index (χ0n) is 7.94. The van der Waals surface area contributed by atoms with Crippen LogP contribution in [0.25, 0.3) is 11.1 Å². The monoisotopic (exact) mass is 219 g/mol. The molecule has 76 valence electrons. The van der Waals surface area contributed by atoms with Gasteiger partial charge < -0.3 is 11.5 Å². The van der Waals surface area contributed by atoms with E-state index < -0.39 is 0 Å². The standard InChI is InChI=1S/C11H10ClN3/c12-8-3-1-7(2-4-8)10-9(13)5-6-15-11(10)14/h1-6H,(H4,13,14,15). The molecular formula is C11H10ClN3. The maximum Gasteiger partial charge on any atom is 0.133 e. The third-order valence-corrected chi connectivity index (χ3v) is 2.40. The van der Waals surface area contributed by atoms with Crippen LogP contribution in [-0.2, 0) is 0 Å². The molecule has 0 saturated carbocycles. The zero-order chi connectivity index (χ0) is 10.8. The highest BCUT2D eigenvalue weighted by Gasteiger charge is 2.06. The molecule has 4 heteroatoms. The minimum Gasteiger partial charge on any atom is -0.398 e. The van der Waals surface area contributed by atoms with Crippen LogP contribution in [0, 0.1) is 0 Å². The summed E-state index contributed by atoms with van der Waals surface area (Å²) in [6.07, 6.45) is 1.59. The summed E-state index contributed by atoms with van der Waals surface area (Å²) in [5.74, 6) is 0.428. The maximum atomic E-state index is 5.84. The van der Waals surface area contributed by atoms with Crippen LogP contribution in [0.15, 0.2) is 36.5 Å². The number of nitrogen functional groups attached to an aromatic ring is 2. The summed E-state index contributed by atoms with van der Waals surface area (Å²) in [7, 11) is 0. The van der Waals surface area contributed by atoms with Crippen molar-refractivity contribution in [1.82, 2.24) is 4.98 Å². The molecule has 2 aromatic rings. The molecule has 0 radical (unpaired) electrons. The van der Waals surface area contributed by atoms with Crippen LogP contribution in [-0.4, -0.2) is 4.98 Å². The highest BCUT2D eigenvalue weighted by molar-refractivity contribution is 6.30. The molecule has 0 atom stereocenters. The van der Waals surface area contributed by atoms with Crippen molar-refractivity contribution in [3.05, 3.63) is 41.6 Å². The fourth-order valence-corrected chi connectivity index (χ4v) is 1.55. The van der Waals surface area contributed by atoms with Crippen molar-refractivity contribution in [3.63, 3.8) is 0 Å². The van der Waals surface area contributed by atoms with E-state index in [0.717, 1.165) is 11.1 Å². The van der Waals surface area contributed by atoms with E-state index in [1.807, 2.05) is 12.1 Å². The fourth-order valence-electron chi connectivity index (χ4n) is 1.42. The molecule has 0 saturated heterocycles. The van der Waals surface area contributed by atoms with Crippen LogP contribution in [0.4, 0.5) is 11.5 Å². The lowest BCUT2D eigenvalue weighted by Gasteiger charge is -2.07. The third kappa shape index (κ3) is 1.87. The summed E-state index contributed by atoms with van der Waals surface area (Å²) in [5.41, 5.74) is 13.9. The van der Waals surface area contributed by atoms with E-state index in [4.69, 9.17) is 23.1 Å². The fraction of sp³-hybridized carbons (Fsp3) is 0. The second kappa shape index (κ2) is 3.79. The highest BCUT2D eigenvalue weighted by Crippen LogP contribution is 2.30. The number of nitrogens with two attached hydrogens (primary N) is 2. The smallest absolute Gasteiger partial charge is 0.133 e. The summed E-state index contributed by atoms with van der Waals surface area (Å²) in [6, 6.07) is 9.05. The van der Waals surface area contributed by atoms with Crippen LogP contribution in [0.3, 0.4) is 0 Å². The molecule has 2 rings (SSSR count). The number of pyridine rings is 1. The number of rotatable bonds is 1. The van der Waals surface area contributed by atoms with E-state index in [9.17, 15) is 0 Å². The Labute approximate surface area is 92.7 Å². The number of hydrogen-bond acceptors (Lipinski definition) is 3. The van der Waals surface area contributed by atoms with E-state index in [1.54, 1.807) is 24.4 Å². The minimum atomic E-state index is 0.428. The summed E-state index contributed by atoms with van der Waals surface area (Å²) in [4.78, 5) is 4.00. The molecule has 3 nitrogen and oxygen atoms in total. The van der Waals surface area contributed by atoms with Gasteiger partial charge in [-0.05, 0) is 23.8 Å². The second-order valence-corrected chi connectivity index (χ2v) is 3.60. The number of halogens is 1. The van der Waals surface area contributed by atoms with Gasteiger partial charge in [-0.3, -0.25) is 0 Å². The first-order chi connectivity index (χ1) is 7.18. The molecule has 0 aliphatic carbocycles. The first-order valence-electron chi connectivity index (χ1n) is 4.44. The predicted molar refractivity (Wildman–Crippen MR) is 63.5 cm³/mol. The molecule has 15 heavy (non-hydrogen) atoms. The lowest BCUT2D eigenvalue weighted by atomic mass is 10.1. The molecule has 0 aliphatic rings. The van der Waals surface area contributed by atoms with Gasteiger partial charge in [-0.2, -0.15) is 0 Å². The largest absolute Gasteiger partial charge is 0.398 e. The van der Waals surface area contributed by atoms with Crippen LogP contribution < -0.4 is 11.5 Å². The first kappa shape index (κ1) is 9.80. The van der Waals surface area contributed by atoms with Gasteiger partial charge in [-0.15, -0.1) is 0 Å². The molecule has 1 heterocycles. The molecule has 0 spiro atoms. The first-order valence-corrected chi connectivity index (χ1v) is 4.82. The average Bonchev–Trinajstić information content (AvgIpc) is 2.20. The molecule has 4 N–H and O–H groups in total. The Kier molecular flexibility index (Phi) is 2.47. The molecule has 1 aromatic heterocycles. The molecule has 1 aromatic carbocycles. The minimum absolute atomic E-state index is 0.428. The molecular weight excluding hydrogens is 210 g/mol. The van der Waals surface area contributed by atoms with Crippen molar-refractivity contribution in [2.45, 2.75) is 0 Å². The van der Waals surface area contributed by atoms with Crippen LogP contribution in [0.5, 0.6) is 0 Å². The Balaban J connectivity index is 2.58. The van der Waals surface area contributed by atoms with Crippen molar-refractivity contribution >= 4 is 23.1 Å². The normalized spacial score (nSPS) is 10.2. The lowest BCUT2D eigenvalue weighted by molar-refractivity contribution is 1.34. The van der Waals surface area contributed by atoms with Gasteiger partial charge in [0.15, 0.2) is 0 Å².